The third-order valence-corrected chi connectivity index (χ3v) is 1.89. The van der Waals surface area contributed by atoms with Crippen molar-refractivity contribution in [2.24, 2.45) is 0 Å². The molecule has 0 saturated carbocycles. The average Bonchev–Trinajstić information content (AvgIpc) is 2.48. The lowest BCUT2D eigenvalue weighted by Crippen LogP contribution is -2.09. The second kappa shape index (κ2) is 4.19. The molecule has 6 heteroatoms. The minimum absolute atomic E-state index is 0.144. The van der Waals surface area contributed by atoms with Crippen molar-refractivity contribution in [2.45, 2.75) is 27.0 Å². The van der Waals surface area contributed by atoms with Gasteiger partial charge in [0.15, 0.2) is 0 Å². The average molecular weight is 199 g/mol. The molecule has 0 fully saturated rings. The van der Waals surface area contributed by atoms with Gasteiger partial charge in [0.25, 0.3) is 0 Å². The molecule has 0 radical (unpaired) electrons. The SMILES string of the molecule is CCOC(C)n1cc([N+](=O)[O-])nc1C. The van der Waals surface area contributed by atoms with Crippen molar-refractivity contribution in [1.82, 2.24) is 9.55 Å². The Kier molecular flexibility index (Phi) is 3.19. The van der Waals surface area contributed by atoms with Gasteiger partial charge in [0.1, 0.15) is 12.4 Å². The van der Waals surface area contributed by atoms with Crippen LogP contribution in [0.15, 0.2) is 6.20 Å². The van der Waals surface area contributed by atoms with Crippen molar-refractivity contribution < 1.29 is 9.66 Å². The van der Waals surface area contributed by atoms with E-state index in [1.54, 1.807) is 11.5 Å². The van der Waals surface area contributed by atoms with Gasteiger partial charge in [-0.1, -0.05) is 0 Å². The van der Waals surface area contributed by atoms with Crippen molar-refractivity contribution in [3.05, 3.63) is 22.1 Å². The van der Waals surface area contributed by atoms with E-state index in [0.717, 1.165) is 0 Å². The second-order valence-corrected chi connectivity index (χ2v) is 2.87. The molecule has 0 bridgehead atoms. The van der Waals surface area contributed by atoms with Crippen LogP contribution in [0.3, 0.4) is 0 Å². The molecule has 1 unspecified atom stereocenters. The summed E-state index contributed by atoms with van der Waals surface area (Å²) >= 11 is 0. The van der Waals surface area contributed by atoms with E-state index >= 15 is 0 Å². The summed E-state index contributed by atoms with van der Waals surface area (Å²) in [6.07, 6.45) is 1.16. The Balaban J connectivity index is 2.92. The second-order valence-electron chi connectivity index (χ2n) is 2.87. The lowest BCUT2D eigenvalue weighted by Gasteiger charge is -2.12. The molecule has 0 N–H and O–H groups in total. The van der Waals surface area contributed by atoms with Gasteiger partial charge in [0.2, 0.25) is 5.82 Å². The van der Waals surface area contributed by atoms with Crippen LogP contribution < -0.4 is 0 Å². The first-order chi connectivity index (χ1) is 6.56. The maximum atomic E-state index is 10.4. The highest BCUT2D eigenvalue weighted by Gasteiger charge is 2.18. The topological polar surface area (TPSA) is 70.2 Å². The molecular formula is C8H13N3O3. The number of nitro groups is 1. The summed E-state index contributed by atoms with van der Waals surface area (Å²) < 4.78 is 6.94. The fourth-order valence-corrected chi connectivity index (χ4v) is 1.25. The maximum Gasteiger partial charge on any atom is 0.381 e. The summed E-state index contributed by atoms with van der Waals surface area (Å²) in [5.41, 5.74) is 0. The highest BCUT2D eigenvalue weighted by Crippen LogP contribution is 2.16. The number of hydrogen-bond acceptors (Lipinski definition) is 4. The van der Waals surface area contributed by atoms with Gasteiger partial charge in [-0.05, 0) is 23.8 Å². The monoisotopic (exact) mass is 199 g/mol. The number of ether oxygens (including phenoxy) is 1. The van der Waals surface area contributed by atoms with Crippen LogP contribution in [-0.2, 0) is 4.74 Å². The number of aryl methyl sites for hydroxylation is 1. The van der Waals surface area contributed by atoms with Crippen molar-refractivity contribution in [3.8, 4) is 0 Å². The number of hydrogen-bond donors (Lipinski definition) is 0. The number of rotatable bonds is 4. The van der Waals surface area contributed by atoms with E-state index in [0.29, 0.717) is 12.4 Å². The van der Waals surface area contributed by atoms with Gasteiger partial charge in [-0.3, -0.25) is 4.57 Å². The van der Waals surface area contributed by atoms with E-state index in [-0.39, 0.29) is 12.0 Å². The number of nitrogens with zero attached hydrogens (tertiary/aromatic N) is 3. The fraction of sp³-hybridized carbons (Fsp3) is 0.625. The summed E-state index contributed by atoms with van der Waals surface area (Å²) in [6, 6.07) is 0. The van der Waals surface area contributed by atoms with Crippen LogP contribution in [0.1, 0.15) is 25.9 Å². The zero-order valence-electron chi connectivity index (χ0n) is 8.43. The van der Waals surface area contributed by atoms with E-state index in [1.807, 2.05) is 13.8 Å². The van der Waals surface area contributed by atoms with Crippen molar-refractivity contribution in [3.63, 3.8) is 0 Å². The van der Waals surface area contributed by atoms with E-state index < -0.39 is 4.92 Å². The molecule has 0 amide bonds. The molecule has 78 valence electrons. The number of imidazole rings is 1. The molecular weight excluding hydrogens is 186 g/mol. The fourth-order valence-electron chi connectivity index (χ4n) is 1.25. The van der Waals surface area contributed by atoms with E-state index in [2.05, 4.69) is 4.98 Å². The lowest BCUT2D eigenvalue weighted by molar-refractivity contribution is -0.389. The normalized spacial score (nSPS) is 12.8. The predicted molar refractivity (Wildman–Crippen MR) is 50.0 cm³/mol. The van der Waals surface area contributed by atoms with Crippen LogP contribution in [0, 0.1) is 17.0 Å². The zero-order chi connectivity index (χ0) is 10.7. The molecule has 1 atom stereocenters. The molecule has 1 aromatic rings. The van der Waals surface area contributed by atoms with E-state index in [9.17, 15) is 10.1 Å². The summed E-state index contributed by atoms with van der Waals surface area (Å²) in [5, 5.41) is 10.4. The van der Waals surface area contributed by atoms with Crippen LogP contribution in [0.4, 0.5) is 5.82 Å². The predicted octanol–water partition coefficient (Wildman–Crippen LogP) is 1.65. The molecule has 1 heterocycles. The molecule has 1 aromatic heterocycles. The van der Waals surface area contributed by atoms with Gasteiger partial charge >= 0.3 is 5.82 Å². The third kappa shape index (κ3) is 2.08. The molecule has 0 saturated heterocycles. The maximum absolute atomic E-state index is 10.4. The highest BCUT2D eigenvalue weighted by molar-refractivity contribution is 5.16. The molecule has 0 aliphatic rings. The van der Waals surface area contributed by atoms with Crippen molar-refractivity contribution in [2.75, 3.05) is 6.61 Å². The zero-order valence-corrected chi connectivity index (χ0v) is 8.43. The Morgan fingerprint density at radius 2 is 2.43 bits per heavy atom. The molecule has 0 spiro atoms. The Bertz CT molecular complexity index is 335. The molecule has 0 aromatic carbocycles. The molecule has 14 heavy (non-hydrogen) atoms. The summed E-state index contributed by atoms with van der Waals surface area (Å²) in [7, 11) is 0. The van der Waals surface area contributed by atoms with Gasteiger partial charge in [0.05, 0.1) is 0 Å². The van der Waals surface area contributed by atoms with Crippen LogP contribution >= 0.6 is 0 Å². The van der Waals surface area contributed by atoms with Crippen LogP contribution in [0.2, 0.25) is 0 Å². The first-order valence-corrected chi connectivity index (χ1v) is 4.37. The van der Waals surface area contributed by atoms with Crippen LogP contribution in [0.25, 0.3) is 0 Å². The summed E-state index contributed by atoms with van der Waals surface area (Å²) in [5.74, 6) is 0.437. The number of aromatic nitrogens is 2. The van der Waals surface area contributed by atoms with E-state index in [1.165, 1.54) is 6.20 Å². The first-order valence-electron chi connectivity index (χ1n) is 4.37. The van der Waals surface area contributed by atoms with Gasteiger partial charge in [-0.25, -0.2) is 0 Å². The smallest absolute Gasteiger partial charge is 0.359 e. The quantitative estimate of drug-likeness (QED) is 0.546. The standard InChI is InChI=1S/C8H13N3O3/c1-4-14-7(3)10-5-8(11(12)13)9-6(10)2/h5,7H,4H2,1-3H3. The van der Waals surface area contributed by atoms with E-state index in [4.69, 9.17) is 4.74 Å². The minimum atomic E-state index is -0.512. The van der Waals surface area contributed by atoms with Gasteiger partial charge < -0.3 is 14.9 Å². The van der Waals surface area contributed by atoms with Gasteiger partial charge in [-0.15, -0.1) is 0 Å². The summed E-state index contributed by atoms with van der Waals surface area (Å²) in [4.78, 5) is 13.7. The molecule has 0 aliphatic carbocycles. The Hall–Kier alpha value is -1.43. The van der Waals surface area contributed by atoms with Crippen LogP contribution in [-0.4, -0.2) is 21.1 Å². The largest absolute Gasteiger partial charge is 0.381 e. The van der Waals surface area contributed by atoms with Gasteiger partial charge in [-0.2, -0.15) is 0 Å². The Morgan fingerprint density at radius 3 is 2.86 bits per heavy atom. The highest BCUT2D eigenvalue weighted by atomic mass is 16.6. The molecule has 0 aliphatic heterocycles. The Morgan fingerprint density at radius 1 is 1.79 bits per heavy atom. The first kappa shape index (κ1) is 10.6. The van der Waals surface area contributed by atoms with Crippen LogP contribution in [0.5, 0.6) is 0 Å². The lowest BCUT2D eigenvalue weighted by atomic mass is 10.5. The molecule has 1 rings (SSSR count). The third-order valence-electron chi connectivity index (χ3n) is 1.89. The minimum Gasteiger partial charge on any atom is -0.359 e. The van der Waals surface area contributed by atoms with Crippen molar-refractivity contribution in [1.29, 1.82) is 0 Å². The summed E-state index contributed by atoms with van der Waals surface area (Å²) in [6.45, 7) is 5.97. The van der Waals surface area contributed by atoms with Gasteiger partial charge in [0, 0.05) is 13.5 Å². The van der Waals surface area contributed by atoms with Crippen molar-refractivity contribution >= 4 is 5.82 Å². The Labute approximate surface area is 81.7 Å². The molecule has 6 nitrogen and oxygen atoms in total.